The summed E-state index contributed by atoms with van der Waals surface area (Å²) in [7, 11) is -3.16. The van der Waals surface area contributed by atoms with Crippen LogP contribution in [0, 0.1) is 0 Å². The van der Waals surface area contributed by atoms with Gasteiger partial charge in [0.15, 0.2) is 5.65 Å². The van der Waals surface area contributed by atoms with E-state index in [1.807, 2.05) is 4.57 Å². The van der Waals surface area contributed by atoms with E-state index in [4.69, 9.17) is 23.2 Å². The first-order valence-electron chi connectivity index (χ1n) is 6.42. The van der Waals surface area contributed by atoms with E-state index in [0.717, 1.165) is 23.2 Å². The van der Waals surface area contributed by atoms with Crippen molar-refractivity contribution >= 4 is 44.4 Å². The number of imidazole rings is 1. The molecule has 0 aliphatic rings. The molecule has 0 aliphatic heterocycles. The number of alkyl halides is 1. The summed E-state index contributed by atoms with van der Waals surface area (Å²) in [5, 5.41) is 0.531. The highest BCUT2D eigenvalue weighted by Crippen LogP contribution is 2.19. The van der Waals surface area contributed by atoms with Gasteiger partial charge in [-0.3, -0.25) is 0 Å². The topological polar surface area (TPSA) is 76.9 Å². The first-order chi connectivity index (χ1) is 9.90. The third-order valence-electron chi connectivity index (χ3n) is 2.87. The quantitative estimate of drug-likeness (QED) is 0.610. The minimum absolute atomic E-state index is 0.367. The van der Waals surface area contributed by atoms with Crippen LogP contribution in [-0.4, -0.2) is 41.6 Å². The zero-order valence-corrected chi connectivity index (χ0v) is 13.8. The summed E-state index contributed by atoms with van der Waals surface area (Å²) in [6.45, 7) is 0.978. The van der Waals surface area contributed by atoms with Gasteiger partial charge in [-0.1, -0.05) is 11.6 Å². The molecular weight excluding hydrogens is 335 g/mol. The number of pyridine rings is 1. The van der Waals surface area contributed by atoms with Crippen molar-refractivity contribution in [2.24, 2.45) is 0 Å². The van der Waals surface area contributed by atoms with Crippen LogP contribution in [-0.2, 0) is 23.0 Å². The van der Waals surface area contributed by atoms with Crippen molar-refractivity contribution in [3.05, 3.63) is 23.1 Å². The zero-order chi connectivity index (χ0) is 15.5. The molecule has 0 saturated heterocycles. The fraction of sp³-hybridized carbons (Fsp3) is 0.500. The molecule has 116 valence electrons. The van der Waals surface area contributed by atoms with Crippen LogP contribution in [0.1, 0.15) is 12.2 Å². The Kier molecular flexibility index (Phi) is 5.43. The van der Waals surface area contributed by atoms with Gasteiger partial charge in [0.05, 0.1) is 11.3 Å². The van der Waals surface area contributed by atoms with E-state index in [-0.39, 0.29) is 0 Å². The average molecular weight is 351 g/mol. The normalized spacial score (nSPS) is 12.1. The van der Waals surface area contributed by atoms with E-state index in [9.17, 15) is 8.42 Å². The van der Waals surface area contributed by atoms with E-state index in [1.165, 1.54) is 0 Å². The minimum Gasteiger partial charge on any atom is -0.313 e. The molecule has 0 amide bonds. The maximum atomic E-state index is 11.0. The summed E-state index contributed by atoms with van der Waals surface area (Å²) in [5.74, 6) is 1.28. The third-order valence-corrected chi connectivity index (χ3v) is 4.00. The summed E-state index contributed by atoms with van der Waals surface area (Å²) < 4.78 is 26.5. The zero-order valence-electron chi connectivity index (χ0n) is 11.5. The average Bonchev–Trinajstić information content (AvgIpc) is 2.71. The SMILES string of the molecule is CS(=O)(=O)NCCCn1c(CCCl)nc2cc(Cl)cnc21. The number of fused-ring (bicyclic) bond motifs is 1. The van der Waals surface area contributed by atoms with E-state index < -0.39 is 10.0 Å². The van der Waals surface area contributed by atoms with Crippen LogP contribution >= 0.6 is 23.2 Å². The molecule has 0 aromatic carbocycles. The Morgan fingerprint density at radius 3 is 2.86 bits per heavy atom. The third kappa shape index (κ3) is 4.54. The monoisotopic (exact) mass is 350 g/mol. The van der Waals surface area contributed by atoms with Crippen LogP contribution < -0.4 is 4.72 Å². The van der Waals surface area contributed by atoms with Crippen LogP contribution in [0.3, 0.4) is 0 Å². The Balaban J connectivity index is 2.18. The number of sulfonamides is 1. The molecule has 2 rings (SSSR count). The molecule has 0 radical (unpaired) electrons. The smallest absolute Gasteiger partial charge is 0.208 e. The van der Waals surface area contributed by atoms with Crippen molar-refractivity contribution in [1.29, 1.82) is 0 Å². The first-order valence-corrected chi connectivity index (χ1v) is 9.22. The first kappa shape index (κ1) is 16.5. The van der Waals surface area contributed by atoms with Crippen LogP contribution in [0.5, 0.6) is 0 Å². The lowest BCUT2D eigenvalue weighted by Crippen LogP contribution is -2.24. The Labute approximate surface area is 133 Å². The second kappa shape index (κ2) is 6.91. The Hall–Kier alpha value is -0.890. The lowest BCUT2D eigenvalue weighted by atomic mass is 10.4. The summed E-state index contributed by atoms with van der Waals surface area (Å²) >= 11 is 11.7. The lowest BCUT2D eigenvalue weighted by Gasteiger charge is -2.08. The number of nitrogens with zero attached hydrogens (tertiary/aromatic N) is 3. The predicted octanol–water partition coefficient (Wildman–Crippen LogP) is 1.81. The van der Waals surface area contributed by atoms with Crippen molar-refractivity contribution in [1.82, 2.24) is 19.3 Å². The molecule has 0 unspecified atom stereocenters. The van der Waals surface area contributed by atoms with Gasteiger partial charge in [0.1, 0.15) is 11.3 Å². The summed E-state index contributed by atoms with van der Waals surface area (Å²) in [6, 6.07) is 1.76. The summed E-state index contributed by atoms with van der Waals surface area (Å²) in [4.78, 5) is 8.78. The van der Waals surface area contributed by atoms with Crippen LogP contribution in [0.4, 0.5) is 0 Å². The van der Waals surface area contributed by atoms with Gasteiger partial charge in [0.25, 0.3) is 0 Å². The van der Waals surface area contributed by atoms with Crippen LogP contribution in [0.15, 0.2) is 12.3 Å². The highest BCUT2D eigenvalue weighted by molar-refractivity contribution is 7.88. The van der Waals surface area contributed by atoms with Gasteiger partial charge >= 0.3 is 0 Å². The molecule has 2 heterocycles. The van der Waals surface area contributed by atoms with Crippen molar-refractivity contribution in [2.75, 3.05) is 18.7 Å². The molecule has 0 atom stereocenters. The van der Waals surface area contributed by atoms with Gasteiger partial charge < -0.3 is 4.57 Å². The summed E-state index contributed by atoms with van der Waals surface area (Å²) in [5.41, 5.74) is 1.46. The predicted molar refractivity (Wildman–Crippen MR) is 84.4 cm³/mol. The molecule has 0 fully saturated rings. The van der Waals surface area contributed by atoms with Crippen molar-refractivity contribution in [3.63, 3.8) is 0 Å². The minimum atomic E-state index is -3.16. The second-order valence-electron chi connectivity index (χ2n) is 4.63. The number of rotatable bonds is 7. The van der Waals surface area contributed by atoms with Gasteiger partial charge in [-0.25, -0.2) is 23.1 Å². The van der Waals surface area contributed by atoms with Gasteiger partial charge in [-0.05, 0) is 12.5 Å². The maximum Gasteiger partial charge on any atom is 0.208 e. The molecule has 0 saturated carbocycles. The number of halogens is 2. The van der Waals surface area contributed by atoms with E-state index in [0.29, 0.717) is 36.8 Å². The molecule has 0 spiro atoms. The Morgan fingerprint density at radius 1 is 1.43 bits per heavy atom. The highest BCUT2D eigenvalue weighted by atomic mass is 35.5. The number of hydrogen-bond acceptors (Lipinski definition) is 4. The van der Waals surface area contributed by atoms with Crippen LogP contribution in [0.2, 0.25) is 5.02 Å². The molecule has 2 aromatic heterocycles. The van der Waals surface area contributed by atoms with E-state index in [1.54, 1.807) is 12.3 Å². The maximum absolute atomic E-state index is 11.0. The summed E-state index contributed by atoms with van der Waals surface area (Å²) in [6.07, 6.45) is 3.97. The van der Waals surface area contributed by atoms with Gasteiger partial charge in [-0.15, -0.1) is 11.6 Å². The van der Waals surface area contributed by atoms with E-state index in [2.05, 4.69) is 14.7 Å². The lowest BCUT2D eigenvalue weighted by molar-refractivity contribution is 0.573. The molecule has 21 heavy (non-hydrogen) atoms. The molecule has 6 nitrogen and oxygen atoms in total. The Morgan fingerprint density at radius 2 is 2.19 bits per heavy atom. The van der Waals surface area contributed by atoms with Crippen molar-refractivity contribution < 1.29 is 8.42 Å². The van der Waals surface area contributed by atoms with Gasteiger partial charge in [0.2, 0.25) is 10.0 Å². The Bertz CT molecular complexity index is 730. The highest BCUT2D eigenvalue weighted by Gasteiger charge is 2.12. The second-order valence-corrected chi connectivity index (χ2v) is 7.28. The van der Waals surface area contributed by atoms with Crippen molar-refractivity contribution in [2.45, 2.75) is 19.4 Å². The molecule has 0 bridgehead atoms. The van der Waals surface area contributed by atoms with Crippen LogP contribution in [0.25, 0.3) is 11.2 Å². The molecule has 0 aliphatic carbocycles. The largest absolute Gasteiger partial charge is 0.313 e. The molecule has 9 heteroatoms. The van der Waals surface area contributed by atoms with Gasteiger partial charge in [0, 0.05) is 31.6 Å². The fourth-order valence-electron chi connectivity index (χ4n) is 2.04. The number of aryl methyl sites for hydroxylation is 2. The number of hydrogen-bond donors (Lipinski definition) is 1. The number of aromatic nitrogens is 3. The number of nitrogens with one attached hydrogen (secondary N) is 1. The standard InChI is InChI=1S/C12H16Cl2N4O2S/c1-21(19,20)16-5-2-6-18-11(3-4-13)17-10-7-9(14)8-15-12(10)18/h7-8,16H,2-6H2,1H3. The van der Waals surface area contributed by atoms with E-state index >= 15 is 0 Å². The van der Waals surface area contributed by atoms with Gasteiger partial charge in [-0.2, -0.15) is 0 Å². The molecule has 2 aromatic rings. The van der Waals surface area contributed by atoms with Crippen molar-refractivity contribution in [3.8, 4) is 0 Å². The molecule has 1 N–H and O–H groups in total. The fourth-order valence-corrected chi connectivity index (χ4v) is 2.87. The molecular formula is C12H16Cl2N4O2S.